The van der Waals surface area contributed by atoms with Crippen LogP contribution in [0, 0.1) is 30.6 Å². The molecule has 0 aliphatic heterocycles. The summed E-state index contributed by atoms with van der Waals surface area (Å²) in [5, 5.41) is 10.7. The van der Waals surface area contributed by atoms with Crippen LogP contribution in [-0.2, 0) is 14.3 Å². The SMILES string of the molecule is CCC#CCC#CC[C@H](O)[C@H](CCCCCCCCCCC)OS(=O)(=O)c1ccc(C)cc1. The topological polar surface area (TPSA) is 63.6 Å². The fraction of sp³-hybridized carbons (Fsp3) is 0.643. The molecular weight excluding hydrogens is 432 g/mol. The molecule has 0 spiro atoms. The standard InChI is InChI=1S/C28H42O4S/c1-4-6-8-10-12-13-14-16-18-20-28(27(29)19-17-15-11-9-7-5-2)32-33(30,31)26-23-21-25(3)22-24-26/h21-24,27-29H,4-6,8,10-14,16,18-20H2,1-3H3/t27-,28-/m0/s1. The molecule has 5 heteroatoms. The van der Waals surface area contributed by atoms with Gasteiger partial charge in [-0.3, -0.25) is 4.18 Å². The Hall–Kier alpha value is -1.79. The van der Waals surface area contributed by atoms with Gasteiger partial charge in [-0.1, -0.05) is 107 Å². The summed E-state index contributed by atoms with van der Waals surface area (Å²) in [6.07, 6.45) is 10.7. The van der Waals surface area contributed by atoms with E-state index in [-0.39, 0.29) is 11.3 Å². The summed E-state index contributed by atoms with van der Waals surface area (Å²) < 4.78 is 31.1. The molecule has 0 radical (unpaired) electrons. The van der Waals surface area contributed by atoms with E-state index in [0.717, 1.165) is 31.2 Å². The van der Waals surface area contributed by atoms with Gasteiger partial charge in [-0.15, -0.1) is 5.92 Å². The van der Waals surface area contributed by atoms with Gasteiger partial charge in [0.05, 0.1) is 17.4 Å². The molecule has 184 valence electrons. The number of aliphatic hydroxyl groups excluding tert-OH is 1. The lowest BCUT2D eigenvalue weighted by Crippen LogP contribution is -2.31. The summed E-state index contributed by atoms with van der Waals surface area (Å²) in [5.41, 5.74) is 0.974. The van der Waals surface area contributed by atoms with Crippen molar-refractivity contribution in [3.8, 4) is 23.7 Å². The van der Waals surface area contributed by atoms with Crippen molar-refractivity contribution in [3.05, 3.63) is 29.8 Å². The molecule has 0 saturated heterocycles. The number of hydrogen-bond donors (Lipinski definition) is 1. The predicted molar refractivity (Wildman–Crippen MR) is 136 cm³/mol. The first-order valence-electron chi connectivity index (χ1n) is 12.5. The van der Waals surface area contributed by atoms with E-state index in [0.29, 0.717) is 12.8 Å². The van der Waals surface area contributed by atoms with E-state index >= 15 is 0 Å². The van der Waals surface area contributed by atoms with Crippen molar-refractivity contribution >= 4 is 10.1 Å². The number of rotatable bonds is 15. The van der Waals surface area contributed by atoms with Crippen molar-refractivity contribution in [3.63, 3.8) is 0 Å². The van der Waals surface area contributed by atoms with Crippen LogP contribution >= 0.6 is 0 Å². The molecule has 0 bridgehead atoms. The molecule has 0 aliphatic rings. The maximum Gasteiger partial charge on any atom is 0.297 e. The minimum atomic E-state index is -3.95. The van der Waals surface area contributed by atoms with Crippen LogP contribution in [0.15, 0.2) is 29.2 Å². The van der Waals surface area contributed by atoms with Gasteiger partial charge >= 0.3 is 0 Å². The van der Waals surface area contributed by atoms with Gasteiger partial charge in [-0.2, -0.15) is 8.42 Å². The van der Waals surface area contributed by atoms with Crippen LogP contribution in [0.3, 0.4) is 0 Å². The molecule has 0 amide bonds. The first kappa shape index (κ1) is 29.2. The molecule has 33 heavy (non-hydrogen) atoms. The molecule has 0 aromatic heterocycles. The zero-order valence-electron chi connectivity index (χ0n) is 20.7. The molecule has 1 rings (SSSR count). The van der Waals surface area contributed by atoms with E-state index in [2.05, 4.69) is 30.6 Å². The summed E-state index contributed by atoms with van der Waals surface area (Å²) in [5.74, 6) is 11.7. The quantitative estimate of drug-likeness (QED) is 0.178. The van der Waals surface area contributed by atoms with E-state index in [1.54, 1.807) is 24.3 Å². The monoisotopic (exact) mass is 474 g/mol. The zero-order chi connectivity index (χ0) is 24.4. The van der Waals surface area contributed by atoms with Crippen molar-refractivity contribution in [2.75, 3.05) is 0 Å². The second-order valence-electron chi connectivity index (χ2n) is 8.53. The smallest absolute Gasteiger partial charge is 0.297 e. The van der Waals surface area contributed by atoms with Crippen molar-refractivity contribution in [2.24, 2.45) is 0 Å². The number of unbranched alkanes of at least 4 members (excludes halogenated alkanes) is 8. The van der Waals surface area contributed by atoms with E-state index < -0.39 is 22.3 Å². The largest absolute Gasteiger partial charge is 0.389 e. The van der Waals surface area contributed by atoms with Gasteiger partial charge < -0.3 is 5.11 Å². The number of aliphatic hydroxyl groups is 1. The van der Waals surface area contributed by atoms with E-state index in [1.807, 2.05) is 13.8 Å². The molecule has 1 N–H and O–H groups in total. The number of aryl methyl sites for hydroxylation is 1. The Morgan fingerprint density at radius 2 is 1.42 bits per heavy atom. The van der Waals surface area contributed by atoms with Gasteiger partial charge in [0.25, 0.3) is 10.1 Å². The maximum atomic E-state index is 12.8. The zero-order valence-corrected chi connectivity index (χ0v) is 21.6. The van der Waals surface area contributed by atoms with Crippen molar-refractivity contribution in [2.45, 2.75) is 121 Å². The molecule has 4 nitrogen and oxygen atoms in total. The second kappa shape index (κ2) is 17.7. The van der Waals surface area contributed by atoms with Gasteiger partial charge in [0.2, 0.25) is 0 Å². The Morgan fingerprint density at radius 3 is 2.03 bits per heavy atom. The van der Waals surface area contributed by atoms with Crippen molar-refractivity contribution in [1.29, 1.82) is 0 Å². The molecule has 1 aromatic rings. The van der Waals surface area contributed by atoms with Gasteiger partial charge in [0.15, 0.2) is 0 Å². The third-order valence-electron chi connectivity index (χ3n) is 5.50. The van der Waals surface area contributed by atoms with Crippen molar-refractivity contribution in [1.82, 2.24) is 0 Å². The molecule has 0 aliphatic carbocycles. The van der Waals surface area contributed by atoms with E-state index in [4.69, 9.17) is 4.18 Å². The Balaban J connectivity index is 2.64. The number of benzene rings is 1. The Morgan fingerprint density at radius 1 is 0.848 bits per heavy atom. The average molecular weight is 475 g/mol. The summed E-state index contributed by atoms with van der Waals surface area (Å²) >= 11 is 0. The van der Waals surface area contributed by atoms with Crippen LogP contribution in [0.4, 0.5) is 0 Å². The minimum Gasteiger partial charge on any atom is -0.389 e. The first-order valence-corrected chi connectivity index (χ1v) is 13.9. The third-order valence-corrected chi connectivity index (χ3v) is 6.85. The molecular formula is C28H42O4S. The highest BCUT2D eigenvalue weighted by Crippen LogP contribution is 2.21. The third kappa shape index (κ3) is 13.5. The summed E-state index contributed by atoms with van der Waals surface area (Å²) in [7, 11) is -3.95. The fourth-order valence-electron chi connectivity index (χ4n) is 3.49. The van der Waals surface area contributed by atoms with Crippen LogP contribution in [0.5, 0.6) is 0 Å². The molecule has 2 atom stereocenters. The predicted octanol–water partition coefficient (Wildman–Crippen LogP) is 6.55. The van der Waals surface area contributed by atoms with Gasteiger partial charge in [0.1, 0.15) is 6.10 Å². The Labute approximate surface area is 202 Å². The maximum absolute atomic E-state index is 12.8. The van der Waals surface area contributed by atoms with Crippen LogP contribution in [0.25, 0.3) is 0 Å². The average Bonchev–Trinajstić information content (AvgIpc) is 2.79. The van der Waals surface area contributed by atoms with Crippen LogP contribution in [-0.4, -0.2) is 25.7 Å². The molecule has 0 fully saturated rings. The molecule has 0 unspecified atom stereocenters. The minimum absolute atomic E-state index is 0.110. The lowest BCUT2D eigenvalue weighted by atomic mass is 10.0. The first-order chi connectivity index (χ1) is 15.9. The molecule has 0 saturated carbocycles. The van der Waals surface area contributed by atoms with Gasteiger partial charge in [0, 0.05) is 12.8 Å². The van der Waals surface area contributed by atoms with E-state index in [1.165, 1.54) is 38.5 Å². The van der Waals surface area contributed by atoms with E-state index in [9.17, 15) is 13.5 Å². The van der Waals surface area contributed by atoms with Gasteiger partial charge in [-0.05, 0) is 25.5 Å². The Bertz CT molecular complexity index is 866. The second-order valence-corrected chi connectivity index (χ2v) is 10.1. The van der Waals surface area contributed by atoms with Crippen LogP contribution in [0.2, 0.25) is 0 Å². The highest BCUT2D eigenvalue weighted by Gasteiger charge is 2.27. The molecule has 1 aromatic carbocycles. The summed E-state index contributed by atoms with van der Waals surface area (Å²) in [6.45, 7) is 6.10. The summed E-state index contributed by atoms with van der Waals surface area (Å²) in [4.78, 5) is 0.110. The summed E-state index contributed by atoms with van der Waals surface area (Å²) in [6, 6.07) is 6.56. The lowest BCUT2D eigenvalue weighted by Gasteiger charge is -2.21. The van der Waals surface area contributed by atoms with Gasteiger partial charge in [-0.25, -0.2) is 0 Å². The number of hydrogen-bond acceptors (Lipinski definition) is 4. The normalized spacial score (nSPS) is 12.8. The lowest BCUT2D eigenvalue weighted by molar-refractivity contribution is 0.0371. The van der Waals surface area contributed by atoms with Crippen LogP contribution in [0.1, 0.15) is 103 Å². The highest BCUT2D eigenvalue weighted by molar-refractivity contribution is 7.86. The Kier molecular flexibility index (Phi) is 15.6. The fourth-order valence-corrected chi connectivity index (χ4v) is 4.62. The highest BCUT2D eigenvalue weighted by atomic mass is 32.2. The molecule has 0 heterocycles. The van der Waals surface area contributed by atoms with Crippen LogP contribution < -0.4 is 0 Å². The van der Waals surface area contributed by atoms with Crippen molar-refractivity contribution < 1.29 is 17.7 Å².